The number of carbonyl (C=O) groups is 1. The maximum atomic E-state index is 12.2. The first-order chi connectivity index (χ1) is 12.1. The van der Waals surface area contributed by atoms with Gasteiger partial charge in [-0.05, 0) is 17.2 Å². The summed E-state index contributed by atoms with van der Waals surface area (Å²) < 4.78 is 11.4. The van der Waals surface area contributed by atoms with Crippen LogP contribution < -0.4 is 0 Å². The fourth-order valence-corrected chi connectivity index (χ4v) is 3.20. The second kappa shape index (κ2) is 7.21. The van der Waals surface area contributed by atoms with Gasteiger partial charge in [0.1, 0.15) is 11.4 Å². The Labute approximate surface area is 155 Å². The quantitative estimate of drug-likeness (QED) is 0.356. The molecule has 1 aromatic heterocycles. The van der Waals surface area contributed by atoms with E-state index in [0.717, 1.165) is 16.5 Å². The molecule has 128 valence electrons. The lowest BCUT2D eigenvalue weighted by molar-refractivity contribution is -0.134. The van der Waals surface area contributed by atoms with E-state index in [1.54, 1.807) is 0 Å². The molecule has 0 N–H and O–H groups in total. The predicted octanol–water partition coefficient (Wildman–Crippen LogP) is 5.23. The third kappa shape index (κ3) is 3.11. The van der Waals surface area contributed by atoms with E-state index >= 15 is 0 Å². The van der Waals surface area contributed by atoms with E-state index in [9.17, 15) is 4.79 Å². The van der Waals surface area contributed by atoms with E-state index in [2.05, 4.69) is 0 Å². The molecule has 0 saturated heterocycles. The van der Waals surface area contributed by atoms with Crippen LogP contribution in [0.5, 0.6) is 0 Å². The van der Waals surface area contributed by atoms with Crippen LogP contribution in [0, 0.1) is 0 Å². The zero-order chi connectivity index (χ0) is 18.0. The first-order valence-electron chi connectivity index (χ1n) is 7.45. The molecule has 0 spiro atoms. The first-order valence-corrected chi connectivity index (χ1v) is 8.20. The van der Waals surface area contributed by atoms with Gasteiger partial charge in [-0.25, -0.2) is 4.79 Å². The largest absolute Gasteiger partial charge is 0.502 e. The van der Waals surface area contributed by atoms with Gasteiger partial charge in [0.15, 0.2) is 5.70 Å². The van der Waals surface area contributed by atoms with Crippen molar-refractivity contribution in [1.82, 2.24) is 4.57 Å². The highest BCUT2D eigenvalue weighted by Crippen LogP contribution is 2.38. The van der Waals surface area contributed by atoms with Crippen molar-refractivity contribution in [2.45, 2.75) is 0 Å². The van der Waals surface area contributed by atoms with Gasteiger partial charge in [-0.1, -0.05) is 65.7 Å². The van der Waals surface area contributed by atoms with Crippen LogP contribution in [0.3, 0.4) is 0 Å². The van der Waals surface area contributed by atoms with E-state index in [1.807, 2.05) is 48.5 Å². The van der Waals surface area contributed by atoms with Gasteiger partial charge < -0.3 is 9.47 Å². The fraction of sp³-hybridized carbons (Fsp3) is 0.105. The zero-order valence-corrected chi connectivity index (χ0v) is 15.1. The first kappa shape index (κ1) is 17.4. The topological polar surface area (TPSA) is 40.5 Å². The molecule has 0 saturated carbocycles. The molecule has 0 fully saturated rings. The molecule has 4 nitrogen and oxygen atoms in total. The summed E-state index contributed by atoms with van der Waals surface area (Å²) in [6.07, 6.45) is 1.28. The molecule has 3 aromatic rings. The van der Waals surface area contributed by atoms with E-state index < -0.39 is 5.97 Å². The third-order valence-corrected chi connectivity index (χ3v) is 4.66. The Morgan fingerprint density at radius 2 is 1.76 bits per heavy atom. The molecule has 0 radical (unpaired) electrons. The Kier molecular flexibility index (Phi) is 5.02. The maximum Gasteiger partial charge on any atom is 0.358 e. The van der Waals surface area contributed by atoms with Crippen molar-refractivity contribution >= 4 is 45.8 Å². The highest BCUT2D eigenvalue weighted by Gasteiger charge is 2.22. The normalized spacial score (nSPS) is 11.6. The number of fused-ring (bicyclic) bond motifs is 1. The number of esters is 1. The number of hydrogen-bond donors (Lipinski definition) is 0. The molecule has 3 rings (SSSR count). The van der Waals surface area contributed by atoms with Crippen molar-refractivity contribution in [3.05, 3.63) is 65.0 Å². The van der Waals surface area contributed by atoms with Crippen molar-refractivity contribution in [3.63, 3.8) is 0 Å². The Bertz CT molecular complexity index is 962. The zero-order valence-electron chi connectivity index (χ0n) is 13.6. The predicted molar refractivity (Wildman–Crippen MR) is 101 cm³/mol. The van der Waals surface area contributed by atoms with Crippen LogP contribution in [0.2, 0.25) is 10.2 Å². The number of hydrogen-bond acceptors (Lipinski definition) is 3. The lowest BCUT2D eigenvalue weighted by Crippen LogP contribution is -2.11. The van der Waals surface area contributed by atoms with Crippen molar-refractivity contribution in [2.24, 2.45) is 0 Å². The number of carbonyl (C=O) groups excluding carboxylic acids is 1. The minimum absolute atomic E-state index is 0.136. The molecule has 6 heteroatoms. The van der Waals surface area contributed by atoms with Crippen LogP contribution in [0.4, 0.5) is 0 Å². The molecular formula is C19H15Cl2NO3. The molecule has 0 aliphatic heterocycles. The van der Waals surface area contributed by atoms with E-state index in [0.29, 0.717) is 10.5 Å². The Morgan fingerprint density at radius 1 is 1.04 bits per heavy atom. The molecule has 0 unspecified atom stereocenters. The summed E-state index contributed by atoms with van der Waals surface area (Å²) in [6.45, 7) is 0. The number of benzene rings is 2. The van der Waals surface area contributed by atoms with Crippen LogP contribution in [0.15, 0.2) is 54.8 Å². The molecule has 1 heterocycles. The van der Waals surface area contributed by atoms with E-state index in [4.69, 9.17) is 32.7 Å². The number of halogens is 2. The minimum Gasteiger partial charge on any atom is -0.502 e. The molecule has 25 heavy (non-hydrogen) atoms. The molecule has 0 amide bonds. The minimum atomic E-state index is -0.581. The standard InChI is InChI=1S/C19H15Cl2NO3/c1-24-11-16(19(23)25-2)22-15-10-13(12-6-4-3-5-7-12)8-9-14(15)17(20)18(22)21/h3-11H,1-2H3/b16-11-. The highest BCUT2D eigenvalue weighted by atomic mass is 35.5. The summed E-state index contributed by atoms with van der Waals surface area (Å²) in [5, 5.41) is 1.31. The Morgan fingerprint density at radius 3 is 2.40 bits per heavy atom. The van der Waals surface area contributed by atoms with Crippen LogP contribution in [0.1, 0.15) is 0 Å². The van der Waals surface area contributed by atoms with Gasteiger partial charge in [0.25, 0.3) is 0 Å². The smallest absolute Gasteiger partial charge is 0.358 e. The summed E-state index contributed by atoms with van der Waals surface area (Å²) in [6, 6.07) is 15.6. The van der Waals surface area contributed by atoms with Crippen molar-refractivity contribution in [2.75, 3.05) is 14.2 Å². The summed E-state index contributed by atoms with van der Waals surface area (Å²) >= 11 is 12.8. The van der Waals surface area contributed by atoms with Gasteiger partial charge in [-0.3, -0.25) is 4.57 Å². The fourth-order valence-electron chi connectivity index (χ4n) is 2.67. The van der Waals surface area contributed by atoms with Gasteiger partial charge in [0, 0.05) is 5.39 Å². The highest BCUT2D eigenvalue weighted by molar-refractivity contribution is 6.46. The Balaban J connectivity index is 2.29. The van der Waals surface area contributed by atoms with Gasteiger partial charge >= 0.3 is 5.97 Å². The molecule has 0 atom stereocenters. The lowest BCUT2D eigenvalue weighted by atomic mass is 10.0. The summed E-state index contributed by atoms with van der Waals surface area (Å²) in [7, 11) is 2.74. The number of rotatable bonds is 4. The average molecular weight is 376 g/mol. The number of methoxy groups -OCH3 is 2. The van der Waals surface area contributed by atoms with Gasteiger partial charge in [0.2, 0.25) is 0 Å². The number of ether oxygens (including phenoxy) is 2. The second-order valence-corrected chi connectivity index (χ2v) is 6.00. The van der Waals surface area contributed by atoms with E-state index in [-0.39, 0.29) is 10.9 Å². The summed E-state index contributed by atoms with van der Waals surface area (Å²) in [4.78, 5) is 12.2. The molecule has 0 bridgehead atoms. The SMILES string of the molecule is CO/C=C(/C(=O)OC)n1c(Cl)c(Cl)c2ccc(-c3ccccc3)cc21. The van der Waals surface area contributed by atoms with Crippen molar-refractivity contribution in [3.8, 4) is 11.1 Å². The second-order valence-electron chi connectivity index (χ2n) is 5.27. The van der Waals surface area contributed by atoms with Crippen LogP contribution >= 0.6 is 23.2 Å². The van der Waals surface area contributed by atoms with Crippen molar-refractivity contribution in [1.29, 1.82) is 0 Å². The third-order valence-electron chi connectivity index (χ3n) is 3.82. The average Bonchev–Trinajstić information content (AvgIpc) is 2.90. The summed E-state index contributed by atoms with van der Waals surface area (Å²) in [5.74, 6) is -0.581. The number of aromatic nitrogens is 1. The van der Waals surface area contributed by atoms with Gasteiger partial charge in [0.05, 0.1) is 24.8 Å². The Hall–Kier alpha value is -2.43. The van der Waals surface area contributed by atoms with Gasteiger partial charge in [-0.2, -0.15) is 0 Å². The van der Waals surface area contributed by atoms with Crippen LogP contribution in [-0.4, -0.2) is 24.8 Å². The van der Waals surface area contributed by atoms with Gasteiger partial charge in [-0.15, -0.1) is 0 Å². The molecule has 2 aromatic carbocycles. The molecule has 0 aliphatic carbocycles. The summed E-state index contributed by atoms with van der Waals surface area (Å²) in [5.41, 5.74) is 2.84. The molecular weight excluding hydrogens is 361 g/mol. The number of nitrogens with zero attached hydrogens (tertiary/aromatic N) is 1. The van der Waals surface area contributed by atoms with E-state index in [1.165, 1.54) is 25.0 Å². The van der Waals surface area contributed by atoms with Crippen LogP contribution in [0.25, 0.3) is 27.7 Å². The maximum absolute atomic E-state index is 12.2. The van der Waals surface area contributed by atoms with Crippen LogP contribution in [-0.2, 0) is 14.3 Å². The molecule has 0 aliphatic rings. The lowest BCUT2D eigenvalue weighted by Gasteiger charge is -2.10. The monoisotopic (exact) mass is 375 g/mol. The van der Waals surface area contributed by atoms with Crippen molar-refractivity contribution < 1.29 is 14.3 Å².